The van der Waals surface area contributed by atoms with Gasteiger partial charge in [0.15, 0.2) is 0 Å². The van der Waals surface area contributed by atoms with E-state index in [0.717, 1.165) is 24.3 Å². The largest absolute Gasteiger partial charge is 0.493 e. The van der Waals surface area contributed by atoms with Gasteiger partial charge in [-0.15, -0.1) is 0 Å². The lowest BCUT2D eigenvalue weighted by molar-refractivity contribution is 0.246. The van der Waals surface area contributed by atoms with Crippen LogP contribution in [0.4, 0.5) is 4.39 Å². The van der Waals surface area contributed by atoms with Gasteiger partial charge in [-0.2, -0.15) is 0 Å². The Labute approximate surface area is 83.9 Å². The zero-order valence-corrected chi connectivity index (χ0v) is 8.59. The van der Waals surface area contributed by atoms with Gasteiger partial charge < -0.3 is 4.74 Å². The van der Waals surface area contributed by atoms with Crippen molar-refractivity contribution in [3.63, 3.8) is 0 Å². The zero-order chi connectivity index (χ0) is 10.1. The fraction of sp³-hybridized carbons (Fsp3) is 0.500. The van der Waals surface area contributed by atoms with Crippen LogP contribution in [0.25, 0.3) is 0 Å². The molecule has 0 bridgehead atoms. The minimum atomic E-state index is -0.167. The van der Waals surface area contributed by atoms with Gasteiger partial charge in [0.25, 0.3) is 0 Å². The number of hydrogen-bond donors (Lipinski definition) is 0. The summed E-state index contributed by atoms with van der Waals surface area (Å²) in [5, 5.41) is 0. The minimum Gasteiger partial charge on any atom is -0.493 e. The zero-order valence-electron chi connectivity index (χ0n) is 8.59. The van der Waals surface area contributed by atoms with E-state index in [0.29, 0.717) is 11.8 Å². The van der Waals surface area contributed by atoms with Gasteiger partial charge in [-0.1, -0.05) is 13.8 Å². The fourth-order valence-corrected chi connectivity index (χ4v) is 2.08. The van der Waals surface area contributed by atoms with Crippen molar-refractivity contribution in [2.45, 2.75) is 26.2 Å². The molecule has 0 saturated heterocycles. The number of ether oxygens (including phenoxy) is 1. The van der Waals surface area contributed by atoms with E-state index >= 15 is 0 Å². The van der Waals surface area contributed by atoms with Gasteiger partial charge >= 0.3 is 0 Å². The van der Waals surface area contributed by atoms with Crippen molar-refractivity contribution in [3.8, 4) is 5.75 Å². The number of halogens is 1. The highest BCUT2D eigenvalue weighted by atomic mass is 19.1. The quantitative estimate of drug-likeness (QED) is 0.666. The van der Waals surface area contributed by atoms with Crippen LogP contribution < -0.4 is 4.74 Å². The van der Waals surface area contributed by atoms with Crippen LogP contribution in [0.15, 0.2) is 18.2 Å². The molecule has 1 aromatic carbocycles. The maximum Gasteiger partial charge on any atom is 0.123 e. The molecule has 0 aromatic heterocycles. The van der Waals surface area contributed by atoms with E-state index in [4.69, 9.17) is 4.74 Å². The molecule has 1 unspecified atom stereocenters. The molecular weight excluding hydrogens is 179 g/mol. The molecule has 1 aliphatic rings. The van der Waals surface area contributed by atoms with Gasteiger partial charge in [0, 0.05) is 5.56 Å². The Hall–Kier alpha value is -1.05. The van der Waals surface area contributed by atoms with E-state index in [1.165, 1.54) is 6.07 Å². The first-order chi connectivity index (χ1) is 6.68. The van der Waals surface area contributed by atoms with Gasteiger partial charge in [0.05, 0.1) is 6.61 Å². The summed E-state index contributed by atoms with van der Waals surface area (Å²) >= 11 is 0. The molecule has 76 valence electrons. The molecule has 0 spiro atoms. The Morgan fingerprint density at radius 1 is 1.43 bits per heavy atom. The molecule has 2 heteroatoms. The molecule has 1 nitrogen and oxygen atoms in total. The average molecular weight is 194 g/mol. The van der Waals surface area contributed by atoms with Gasteiger partial charge in [-0.3, -0.25) is 0 Å². The van der Waals surface area contributed by atoms with E-state index in [1.54, 1.807) is 12.1 Å². The van der Waals surface area contributed by atoms with Crippen LogP contribution in [0.5, 0.6) is 5.75 Å². The van der Waals surface area contributed by atoms with Crippen molar-refractivity contribution in [1.82, 2.24) is 0 Å². The molecule has 1 atom stereocenters. The number of hydrogen-bond acceptors (Lipinski definition) is 1. The van der Waals surface area contributed by atoms with E-state index in [9.17, 15) is 4.39 Å². The Bertz CT molecular complexity index is 333. The molecule has 0 radical (unpaired) electrons. The Morgan fingerprint density at radius 3 is 2.93 bits per heavy atom. The smallest absolute Gasteiger partial charge is 0.123 e. The minimum absolute atomic E-state index is 0.167. The number of fused-ring (bicyclic) bond motifs is 1. The summed E-state index contributed by atoms with van der Waals surface area (Å²) in [6.45, 7) is 5.09. The SMILES string of the molecule is CC(C)C1CCOc2ccc(F)cc21. The number of rotatable bonds is 1. The van der Waals surface area contributed by atoms with Crippen molar-refractivity contribution < 1.29 is 9.13 Å². The highest BCUT2D eigenvalue weighted by molar-refractivity contribution is 5.38. The molecule has 14 heavy (non-hydrogen) atoms. The molecule has 0 N–H and O–H groups in total. The first kappa shape index (κ1) is 9.50. The van der Waals surface area contributed by atoms with Gasteiger partial charge in [0.2, 0.25) is 0 Å². The van der Waals surface area contributed by atoms with E-state index in [1.807, 2.05) is 0 Å². The third-order valence-electron chi connectivity index (χ3n) is 2.86. The predicted molar refractivity (Wildman–Crippen MR) is 54.1 cm³/mol. The first-order valence-corrected chi connectivity index (χ1v) is 5.10. The Kier molecular flexibility index (Phi) is 2.44. The van der Waals surface area contributed by atoms with E-state index in [-0.39, 0.29) is 5.82 Å². The van der Waals surface area contributed by atoms with Crippen LogP contribution >= 0.6 is 0 Å². The summed E-state index contributed by atoms with van der Waals surface area (Å²) in [7, 11) is 0. The second kappa shape index (κ2) is 3.60. The maximum atomic E-state index is 13.1. The molecule has 0 saturated carbocycles. The molecular formula is C12H15FO. The lowest BCUT2D eigenvalue weighted by atomic mass is 9.84. The second-order valence-corrected chi connectivity index (χ2v) is 4.17. The van der Waals surface area contributed by atoms with Crippen molar-refractivity contribution >= 4 is 0 Å². The monoisotopic (exact) mass is 194 g/mol. The first-order valence-electron chi connectivity index (χ1n) is 5.10. The summed E-state index contributed by atoms with van der Waals surface area (Å²) < 4.78 is 18.6. The molecule has 1 aliphatic heterocycles. The van der Waals surface area contributed by atoms with Crippen molar-refractivity contribution in [2.24, 2.45) is 5.92 Å². The van der Waals surface area contributed by atoms with Crippen molar-refractivity contribution in [3.05, 3.63) is 29.6 Å². The lowest BCUT2D eigenvalue weighted by Crippen LogP contribution is -2.18. The van der Waals surface area contributed by atoms with Crippen LogP contribution in [0, 0.1) is 11.7 Å². The fourth-order valence-electron chi connectivity index (χ4n) is 2.08. The molecule has 0 aliphatic carbocycles. The molecule has 0 amide bonds. The molecule has 1 heterocycles. The van der Waals surface area contributed by atoms with Crippen LogP contribution in [0.3, 0.4) is 0 Å². The number of benzene rings is 1. The summed E-state index contributed by atoms with van der Waals surface area (Å²) in [5.41, 5.74) is 1.03. The summed E-state index contributed by atoms with van der Waals surface area (Å²) in [6.07, 6.45) is 0.994. The average Bonchev–Trinajstić information content (AvgIpc) is 2.16. The standard InChI is InChI=1S/C12H15FO/c1-8(2)10-5-6-14-12-4-3-9(13)7-11(10)12/h3-4,7-8,10H,5-6H2,1-2H3. The van der Waals surface area contributed by atoms with Crippen LogP contribution in [0.2, 0.25) is 0 Å². The van der Waals surface area contributed by atoms with Crippen molar-refractivity contribution in [2.75, 3.05) is 6.61 Å². The van der Waals surface area contributed by atoms with Gasteiger partial charge in [-0.05, 0) is 36.5 Å². The molecule has 2 rings (SSSR count). The van der Waals surface area contributed by atoms with Crippen LogP contribution in [0.1, 0.15) is 31.7 Å². The van der Waals surface area contributed by atoms with E-state index < -0.39 is 0 Å². The topological polar surface area (TPSA) is 9.23 Å². The summed E-state index contributed by atoms with van der Waals surface area (Å²) in [4.78, 5) is 0. The lowest BCUT2D eigenvalue weighted by Gasteiger charge is -2.28. The Morgan fingerprint density at radius 2 is 2.21 bits per heavy atom. The Balaban J connectivity index is 2.41. The molecule has 1 aromatic rings. The van der Waals surface area contributed by atoms with Crippen LogP contribution in [-0.4, -0.2) is 6.61 Å². The van der Waals surface area contributed by atoms with Crippen molar-refractivity contribution in [1.29, 1.82) is 0 Å². The predicted octanol–water partition coefficient (Wildman–Crippen LogP) is 3.35. The molecule has 0 fully saturated rings. The van der Waals surface area contributed by atoms with Crippen LogP contribution in [-0.2, 0) is 0 Å². The summed E-state index contributed by atoms with van der Waals surface area (Å²) in [5.74, 6) is 1.67. The maximum absolute atomic E-state index is 13.1. The van der Waals surface area contributed by atoms with E-state index in [2.05, 4.69) is 13.8 Å². The highest BCUT2D eigenvalue weighted by Crippen LogP contribution is 2.38. The van der Waals surface area contributed by atoms with Gasteiger partial charge in [-0.25, -0.2) is 4.39 Å². The van der Waals surface area contributed by atoms with Gasteiger partial charge in [0.1, 0.15) is 11.6 Å². The third kappa shape index (κ3) is 1.61. The second-order valence-electron chi connectivity index (χ2n) is 4.17. The normalized spacial score (nSPS) is 20.4. The highest BCUT2D eigenvalue weighted by Gasteiger charge is 2.24. The summed E-state index contributed by atoms with van der Waals surface area (Å²) in [6, 6.07) is 4.81. The third-order valence-corrected chi connectivity index (χ3v) is 2.86.